The zero-order valence-electron chi connectivity index (χ0n) is 5.09. The molecular weight excluding hydrogens is 124 g/mol. The minimum atomic E-state index is -0.677. The summed E-state index contributed by atoms with van der Waals surface area (Å²) in [7, 11) is 0. The van der Waals surface area contributed by atoms with E-state index in [1.165, 1.54) is 6.92 Å². The monoisotopic (exact) mass is 132 g/mol. The van der Waals surface area contributed by atoms with Crippen molar-refractivity contribution in [2.24, 2.45) is 0 Å². The summed E-state index contributed by atoms with van der Waals surface area (Å²) in [6, 6.07) is 0. The van der Waals surface area contributed by atoms with Gasteiger partial charge in [-0.1, -0.05) is 6.58 Å². The summed E-state index contributed by atoms with van der Waals surface area (Å²) in [5.41, 5.74) is 0.225. The number of aliphatic hydroxyl groups is 1. The Labute approximate surface area is 52.6 Å². The second-order valence-electron chi connectivity index (χ2n) is 1.40. The number of hydrogen-bond donors (Lipinski definition) is 1. The Morgan fingerprint density at radius 2 is 2.33 bits per heavy atom. The van der Waals surface area contributed by atoms with Gasteiger partial charge in [-0.2, -0.15) is 4.89 Å². The normalized spacial score (nSPS) is 8.67. The molecule has 0 heterocycles. The molecule has 0 rings (SSSR count). The summed E-state index contributed by atoms with van der Waals surface area (Å²) < 4.78 is 0. The first kappa shape index (κ1) is 8.13. The molecule has 0 radical (unpaired) electrons. The maximum atomic E-state index is 10.3. The van der Waals surface area contributed by atoms with E-state index < -0.39 is 12.8 Å². The van der Waals surface area contributed by atoms with E-state index in [-0.39, 0.29) is 5.57 Å². The fourth-order valence-electron chi connectivity index (χ4n) is 0.151. The van der Waals surface area contributed by atoms with Gasteiger partial charge in [-0.25, -0.2) is 4.79 Å². The van der Waals surface area contributed by atoms with Gasteiger partial charge >= 0.3 is 5.97 Å². The molecule has 9 heavy (non-hydrogen) atoms. The molecule has 0 aromatic heterocycles. The molecule has 0 saturated heterocycles. The molecule has 0 fully saturated rings. The fraction of sp³-hybridized carbons (Fsp3) is 0.400. The third kappa shape index (κ3) is 3.69. The van der Waals surface area contributed by atoms with E-state index in [1.54, 1.807) is 0 Å². The van der Waals surface area contributed by atoms with Crippen molar-refractivity contribution in [3.8, 4) is 0 Å². The lowest BCUT2D eigenvalue weighted by Gasteiger charge is -1.97. The highest BCUT2D eigenvalue weighted by molar-refractivity contribution is 5.86. The molecule has 1 N–H and O–H groups in total. The second-order valence-corrected chi connectivity index (χ2v) is 1.40. The van der Waals surface area contributed by atoms with Gasteiger partial charge in [-0.3, -0.25) is 4.89 Å². The zero-order valence-corrected chi connectivity index (χ0v) is 5.09. The Morgan fingerprint density at radius 3 is 2.67 bits per heavy atom. The third-order valence-corrected chi connectivity index (χ3v) is 0.536. The highest BCUT2D eigenvalue weighted by atomic mass is 17.2. The molecule has 52 valence electrons. The van der Waals surface area contributed by atoms with Crippen LogP contribution in [0, 0.1) is 0 Å². The number of rotatable bonds is 3. The molecule has 0 aromatic carbocycles. The van der Waals surface area contributed by atoms with E-state index in [0.717, 1.165) is 0 Å². The predicted octanol–water partition coefficient (Wildman–Crippen LogP) is -0.0129. The van der Waals surface area contributed by atoms with Crippen LogP contribution >= 0.6 is 0 Å². The van der Waals surface area contributed by atoms with Crippen LogP contribution in [0.15, 0.2) is 12.2 Å². The molecule has 0 atom stereocenters. The van der Waals surface area contributed by atoms with Crippen molar-refractivity contribution in [2.45, 2.75) is 6.92 Å². The molecular formula is C5H8O4. The van der Waals surface area contributed by atoms with Crippen molar-refractivity contribution in [3.63, 3.8) is 0 Å². The quantitative estimate of drug-likeness (QED) is 0.254. The molecule has 4 nitrogen and oxygen atoms in total. The first-order valence-corrected chi connectivity index (χ1v) is 2.28. The lowest BCUT2D eigenvalue weighted by atomic mass is 10.4. The van der Waals surface area contributed by atoms with Crippen LogP contribution in [0.1, 0.15) is 6.92 Å². The molecule has 0 bridgehead atoms. The van der Waals surface area contributed by atoms with E-state index in [9.17, 15) is 4.79 Å². The van der Waals surface area contributed by atoms with Gasteiger partial charge in [-0.05, 0) is 6.92 Å². The Morgan fingerprint density at radius 1 is 1.78 bits per heavy atom. The minimum absolute atomic E-state index is 0.225. The summed E-state index contributed by atoms with van der Waals surface area (Å²) in [6.45, 7) is 4.11. The van der Waals surface area contributed by atoms with Crippen LogP contribution in [-0.2, 0) is 14.6 Å². The van der Waals surface area contributed by atoms with Crippen LogP contribution in [0.25, 0.3) is 0 Å². The Hall–Kier alpha value is -0.870. The predicted molar refractivity (Wildman–Crippen MR) is 29.1 cm³/mol. The highest BCUT2D eigenvalue weighted by Gasteiger charge is 2.01. The molecule has 0 aliphatic carbocycles. The lowest BCUT2D eigenvalue weighted by Crippen LogP contribution is -2.05. The van der Waals surface area contributed by atoms with Crippen LogP contribution in [0.5, 0.6) is 0 Å². The summed E-state index contributed by atoms with van der Waals surface area (Å²) in [5.74, 6) is -0.677. The summed E-state index contributed by atoms with van der Waals surface area (Å²) in [6.07, 6.45) is 0. The van der Waals surface area contributed by atoms with Crippen LogP contribution in [0.3, 0.4) is 0 Å². The zero-order chi connectivity index (χ0) is 7.28. The highest BCUT2D eigenvalue weighted by Crippen LogP contribution is 1.90. The first-order chi connectivity index (χ1) is 4.18. The number of carbonyl (C=O) groups is 1. The lowest BCUT2D eigenvalue weighted by molar-refractivity contribution is -0.299. The van der Waals surface area contributed by atoms with Gasteiger partial charge in [0.15, 0.2) is 6.79 Å². The molecule has 4 heteroatoms. The molecule has 0 amide bonds. The van der Waals surface area contributed by atoms with Crippen molar-refractivity contribution in [1.82, 2.24) is 0 Å². The van der Waals surface area contributed by atoms with E-state index in [0.29, 0.717) is 0 Å². The summed E-state index contributed by atoms with van der Waals surface area (Å²) in [4.78, 5) is 18.2. The molecule has 0 spiro atoms. The van der Waals surface area contributed by atoms with Crippen molar-refractivity contribution in [3.05, 3.63) is 12.2 Å². The van der Waals surface area contributed by atoms with Crippen molar-refractivity contribution in [2.75, 3.05) is 6.79 Å². The number of carbonyl (C=O) groups excluding carboxylic acids is 1. The van der Waals surface area contributed by atoms with Gasteiger partial charge in [0, 0.05) is 5.57 Å². The number of hydrogen-bond acceptors (Lipinski definition) is 4. The minimum Gasteiger partial charge on any atom is -0.367 e. The van der Waals surface area contributed by atoms with Crippen LogP contribution in [0.2, 0.25) is 0 Å². The second kappa shape index (κ2) is 4.05. The van der Waals surface area contributed by atoms with E-state index >= 15 is 0 Å². The van der Waals surface area contributed by atoms with Gasteiger partial charge in [0.1, 0.15) is 0 Å². The third-order valence-electron chi connectivity index (χ3n) is 0.536. The van der Waals surface area contributed by atoms with E-state index in [4.69, 9.17) is 5.11 Å². The standard InChI is InChI=1S/C5H8O4/c1-4(2)5(7)9-8-3-6/h6H,1,3H2,2H3. The largest absolute Gasteiger partial charge is 0.368 e. The van der Waals surface area contributed by atoms with E-state index in [2.05, 4.69) is 16.4 Å². The molecule has 0 aliphatic heterocycles. The smallest absolute Gasteiger partial charge is 0.367 e. The van der Waals surface area contributed by atoms with Gasteiger partial charge in [0.05, 0.1) is 0 Å². The summed E-state index contributed by atoms with van der Waals surface area (Å²) >= 11 is 0. The van der Waals surface area contributed by atoms with Gasteiger partial charge in [0.25, 0.3) is 0 Å². The Bertz CT molecular complexity index is 118. The van der Waals surface area contributed by atoms with Crippen LogP contribution < -0.4 is 0 Å². The van der Waals surface area contributed by atoms with Gasteiger partial charge in [-0.15, -0.1) is 0 Å². The average Bonchev–Trinajstić information content (AvgIpc) is 1.82. The van der Waals surface area contributed by atoms with Crippen LogP contribution in [-0.4, -0.2) is 17.9 Å². The molecule has 0 saturated carbocycles. The number of aliphatic hydroxyl groups excluding tert-OH is 1. The van der Waals surface area contributed by atoms with Gasteiger partial charge < -0.3 is 5.11 Å². The summed E-state index contributed by atoms with van der Waals surface area (Å²) in [5, 5.41) is 7.97. The van der Waals surface area contributed by atoms with Crippen molar-refractivity contribution < 1.29 is 19.7 Å². The van der Waals surface area contributed by atoms with E-state index in [1.807, 2.05) is 0 Å². The van der Waals surface area contributed by atoms with Crippen molar-refractivity contribution in [1.29, 1.82) is 0 Å². The first-order valence-electron chi connectivity index (χ1n) is 2.28. The maximum Gasteiger partial charge on any atom is 0.368 e. The topological polar surface area (TPSA) is 55.8 Å². The Balaban J connectivity index is 3.39. The fourth-order valence-corrected chi connectivity index (χ4v) is 0.151. The molecule has 0 aromatic rings. The molecule has 0 aliphatic rings. The maximum absolute atomic E-state index is 10.3. The molecule has 0 unspecified atom stereocenters. The average molecular weight is 132 g/mol. The SMILES string of the molecule is C=C(C)C(=O)OOCO. The van der Waals surface area contributed by atoms with Crippen LogP contribution in [0.4, 0.5) is 0 Å². The van der Waals surface area contributed by atoms with Crippen molar-refractivity contribution >= 4 is 5.97 Å². The van der Waals surface area contributed by atoms with Gasteiger partial charge in [0.2, 0.25) is 0 Å². The Kier molecular flexibility index (Phi) is 3.66.